The Morgan fingerprint density at radius 1 is 0.775 bits per heavy atom. The maximum Gasteiger partial charge on any atom is 0.190 e. The number of para-hydroxylation sites is 1. The van der Waals surface area contributed by atoms with Crippen molar-refractivity contribution in [2.75, 3.05) is 0 Å². The summed E-state index contributed by atoms with van der Waals surface area (Å²) in [6.07, 6.45) is 11.7. The van der Waals surface area contributed by atoms with Crippen LogP contribution in [0.1, 0.15) is 29.7 Å². The Kier molecular flexibility index (Phi) is 6.92. The first-order valence-electron chi connectivity index (χ1n) is 12.5. The standard InChI is InChI=1S/C31H22N6OS.Zn/c1-19(38)39-30-5-3-2-4-29(30)37-13-12-32-31(37)27-17-26-16-24-9-8-22(34-24)14-20-6-7-21(33-20)15-23-10-11-25(35-23)18-28(27)36-26;/h2-18,33,36H,1H3;. The summed E-state index contributed by atoms with van der Waals surface area (Å²) in [7, 11) is 0. The molecule has 0 aliphatic carbocycles. The van der Waals surface area contributed by atoms with Gasteiger partial charge in [0.2, 0.25) is 0 Å². The summed E-state index contributed by atoms with van der Waals surface area (Å²) in [5, 5.41) is 0.0322. The van der Waals surface area contributed by atoms with Crippen LogP contribution in [0.4, 0.5) is 0 Å². The predicted molar refractivity (Wildman–Crippen MR) is 158 cm³/mol. The number of imidazole rings is 1. The van der Waals surface area contributed by atoms with Crippen molar-refractivity contribution in [2.45, 2.75) is 11.8 Å². The van der Waals surface area contributed by atoms with Crippen molar-refractivity contribution in [1.29, 1.82) is 0 Å². The van der Waals surface area contributed by atoms with Gasteiger partial charge in [0.1, 0.15) is 5.82 Å². The van der Waals surface area contributed by atoms with E-state index in [1.165, 1.54) is 11.8 Å². The Balaban J connectivity index is 0.00000289. The van der Waals surface area contributed by atoms with Crippen LogP contribution in [-0.2, 0) is 24.3 Å². The SMILES string of the molecule is CC(=O)Sc1ccccc1-n1ccnc1-c1cc2cc3nc(cc4ccc(cc5nc(cc1[nH]2)C=C5)[nH]4)C=C3.[Zn]. The molecule has 7 nitrogen and oxygen atoms in total. The van der Waals surface area contributed by atoms with Crippen LogP contribution in [0, 0.1) is 0 Å². The fourth-order valence-electron chi connectivity index (χ4n) is 4.80. The van der Waals surface area contributed by atoms with Crippen LogP contribution >= 0.6 is 11.8 Å². The first-order valence-corrected chi connectivity index (χ1v) is 13.3. The van der Waals surface area contributed by atoms with E-state index < -0.39 is 0 Å². The normalized spacial score (nSPS) is 11.9. The summed E-state index contributed by atoms with van der Waals surface area (Å²) in [6, 6.07) is 22.1. The van der Waals surface area contributed by atoms with Crippen molar-refractivity contribution in [3.05, 3.63) is 102 Å². The van der Waals surface area contributed by atoms with Gasteiger partial charge >= 0.3 is 0 Å². The van der Waals surface area contributed by atoms with Crippen LogP contribution in [0.25, 0.3) is 63.4 Å². The molecule has 6 heterocycles. The molecule has 0 saturated carbocycles. The third-order valence-electron chi connectivity index (χ3n) is 6.43. The van der Waals surface area contributed by atoms with E-state index in [1.807, 2.05) is 95.7 Å². The van der Waals surface area contributed by atoms with Gasteiger partial charge in [0, 0.05) is 65.8 Å². The average Bonchev–Trinajstić information content (AvgIpc) is 3.73. The van der Waals surface area contributed by atoms with E-state index >= 15 is 0 Å². The Labute approximate surface area is 246 Å². The van der Waals surface area contributed by atoms with Gasteiger partial charge in [-0.25, -0.2) is 15.0 Å². The maximum atomic E-state index is 11.9. The third kappa shape index (κ3) is 5.13. The number of aromatic amines is 2. The second-order valence-electron chi connectivity index (χ2n) is 9.27. The molecule has 2 aliphatic heterocycles. The van der Waals surface area contributed by atoms with Crippen LogP contribution in [-0.4, -0.2) is 34.6 Å². The van der Waals surface area contributed by atoms with Gasteiger partial charge in [-0.15, -0.1) is 0 Å². The number of fused-ring (bicyclic) bond motifs is 8. The largest absolute Gasteiger partial charge is 0.355 e. The van der Waals surface area contributed by atoms with E-state index in [4.69, 9.17) is 15.0 Å². The van der Waals surface area contributed by atoms with Crippen LogP contribution in [0.15, 0.2) is 84.0 Å². The molecule has 9 heteroatoms. The van der Waals surface area contributed by atoms with Gasteiger partial charge in [0.15, 0.2) is 5.12 Å². The molecule has 4 aromatic heterocycles. The molecule has 0 unspecified atom stereocenters. The summed E-state index contributed by atoms with van der Waals surface area (Å²) in [4.78, 5) is 34.1. The topological polar surface area (TPSA) is 92.2 Å². The molecule has 0 fully saturated rings. The van der Waals surface area contributed by atoms with E-state index in [2.05, 4.69) is 16.0 Å². The second-order valence-corrected chi connectivity index (χ2v) is 10.5. The molecule has 2 aliphatic rings. The molecule has 190 valence electrons. The van der Waals surface area contributed by atoms with E-state index in [0.29, 0.717) is 0 Å². The van der Waals surface area contributed by atoms with Crippen LogP contribution in [0.5, 0.6) is 0 Å². The van der Waals surface area contributed by atoms with Gasteiger partial charge < -0.3 is 9.97 Å². The summed E-state index contributed by atoms with van der Waals surface area (Å²) >= 11 is 1.22. The number of nitrogens with zero attached hydrogens (tertiary/aromatic N) is 4. The van der Waals surface area contributed by atoms with E-state index in [0.717, 1.165) is 66.8 Å². The smallest absolute Gasteiger partial charge is 0.190 e. The zero-order chi connectivity index (χ0) is 26.3. The molecule has 0 amide bonds. The second kappa shape index (κ2) is 10.7. The van der Waals surface area contributed by atoms with Crippen molar-refractivity contribution in [3.8, 4) is 17.1 Å². The molecule has 0 radical (unpaired) electrons. The molecule has 1 aromatic carbocycles. The van der Waals surface area contributed by atoms with Gasteiger partial charge in [0.25, 0.3) is 0 Å². The number of carbonyl (C=O) groups excluding carboxylic acids is 1. The fraction of sp³-hybridized carbons (Fsp3) is 0.0323. The minimum absolute atomic E-state index is 0. The van der Waals surface area contributed by atoms with Crippen molar-refractivity contribution in [2.24, 2.45) is 0 Å². The van der Waals surface area contributed by atoms with Crippen LogP contribution in [0.2, 0.25) is 0 Å². The van der Waals surface area contributed by atoms with Gasteiger partial charge in [0.05, 0.1) is 34.0 Å². The van der Waals surface area contributed by atoms with Gasteiger partial charge in [-0.05, 0) is 78.9 Å². The number of hydrogen-bond acceptors (Lipinski definition) is 5. The average molecular weight is 592 g/mol. The number of nitrogens with one attached hydrogen (secondary N) is 2. The Morgan fingerprint density at radius 2 is 1.40 bits per heavy atom. The minimum Gasteiger partial charge on any atom is -0.355 e. The molecule has 0 atom stereocenters. The molecular weight excluding hydrogens is 570 g/mol. The van der Waals surface area contributed by atoms with Crippen molar-refractivity contribution >= 4 is 63.2 Å². The number of H-pyrrole nitrogens is 2. The molecule has 7 rings (SSSR count). The predicted octanol–water partition coefficient (Wildman–Crippen LogP) is 7.14. The molecule has 0 saturated heterocycles. The molecule has 0 spiro atoms. The number of carbonyl (C=O) groups is 1. The Hall–Kier alpha value is -4.33. The van der Waals surface area contributed by atoms with Crippen molar-refractivity contribution in [1.82, 2.24) is 29.5 Å². The monoisotopic (exact) mass is 590 g/mol. The van der Waals surface area contributed by atoms with Gasteiger partial charge in [-0.2, -0.15) is 0 Å². The third-order valence-corrected chi connectivity index (χ3v) is 7.28. The first-order chi connectivity index (χ1) is 19.1. The first kappa shape index (κ1) is 25.9. The Bertz CT molecular complexity index is 2000. The van der Waals surface area contributed by atoms with Crippen molar-refractivity contribution < 1.29 is 24.3 Å². The molecular formula is C31H22N6OSZn. The summed E-state index contributed by atoms with van der Waals surface area (Å²) in [5.74, 6) is 0.758. The van der Waals surface area contributed by atoms with Gasteiger partial charge in [-0.1, -0.05) is 23.9 Å². The van der Waals surface area contributed by atoms with E-state index in [1.54, 1.807) is 13.1 Å². The zero-order valence-electron chi connectivity index (χ0n) is 21.6. The number of aromatic nitrogens is 6. The number of thioether (sulfide) groups is 1. The maximum absolute atomic E-state index is 11.9. The Morgan fingerprint density at radius 3 is 2.08 bits per heavy atom. The molecule has 40 heavy (non-hydrogen) atoms. The van der Waals surface area contributed by atoms with E-state index in [-0.39, 0.29) is 24.6 Å². The number of hydrogen-bond donors (Lipinski definition) is 2. The minimum atomic E-state index is 0. The number of rotatable bonds is 3. The van der Waals surface area contributed by atoms with Gasteiger partial charge in [-0.3, -0.25) is 9.36 Å². The van der Waals surface area contributed by atoms with Crippen LogP contribution in [0.3, 0.4) is 0 Å². The number of benzene rings is 1. The summed E-state index contributed by atoms with van der Waals surface area (Å²) in [5.41, 5.74) is 8.98. The van der Waals surface area contributed by atoms with Crippen molar-refractivity contribution in [3.63, 3.8) is 0 Å². The summed E-state index contributed by atoms with van der Waals surface area (Å²) < 4.78 is 2.02. The van der Waals surface area contributed by atoms with E-state index in [9.17, 15) is 4.79 Å². The fourth-order valence-corrected chi connectivity index (χ4v) is 5.52. The van der Waals surface area contributed by atoms with Crippen LogP contribution < -0.4 is 0 Å². The zero-order valence-corrected chi connectivity index (χ0v) is 25.4. The molecule has 2 N–H and O–H groups in total. The summed E-state index contributed by atoms with van der Waals surface area (Å²) in [6.45, 7) is 1.58. The quantitative estimate of drug-likeness (QED) is 0.168. The molecule has 5 aromatic rings. The molecule has 8 bridgehead atoms.